The minimum Gasteiger partial charge on any atom is -0.492 e. The van der Waals surface area contributed by atoms with Crippen LogP contribution >= 0.6 is 0 Å². The number of amides is 1. The fourth-order valence-electron chi connectivity index (χ4n) is 3.20. The van der Waals surface area contributed by atoms with Crippen LogP contribution in [0.15, 0.2) is 53.4 Å². The zero-order valence-electron chi connectivity index (χ0n) is 15.5. The first-order chi connectivity index (χ1) is 12.9. The number of para-hydroxylation sites is 2. The lowest BCUT2D eigenvalue weighted by molar-refractivity contribution is -0.119. The Morgan fingerprint density at radius 2 is 1.89 bits per heavy atom. The van der Waals surface area contributed by atoms with E-state index in [1.165, 1.54) is 4.31 Å². The first-order valence-electron chi connectivity index (χ1n) is 9.04. The fourth-order valence-corrected chi connectivity index (χ4v) is 4.86. The van der Waals surface area contributed by atoms with E-state index in [0.29, 0.717) is 37.4 Å². The number of carbonyl (C=O) groups is 1. The van der Waals surface area contributed by atoms with Gasteiger partial charge in [-0.1, -0.05) is 29.8 Å². The molecule has 0 spiro atoms. The Balaban J connectivity index is 1.82. The molecule has 0 saturated carbocycles. The summed E-state index contributed by atoms with van der Waals surface area (Å²) >= 11 is 0. The second kappa shape index (κ2) is 8.10. The molecule has 3 rings (SSSR count). The van der Waals surface area contributed by atoms with Crippen LogP contribution in [-0.2, 0) is 14.8 Å². The number of aryl methyl sites for hydroxylation is 1. The molecule has 1 aliphatic heterocycles. The molecule has 7 heteroatoms. The van der Waals surface area contributed by atoms with Crippen molar-refractivity contribution >= 4 is 21.6 Å². The molecule has 1 aliphatic rings. The molecule has 0 unspecified atom stereocenters. The molecule has 1 atom stereocenters. The molecule has 6 nitrogen and oxygen atoms in total. The van der Waals surface area contributed by atoms with Gasteiger partial charge in [-0.2, -0.15) is 4.31 Å². The van der Waals surface area contributed by atoms with E-state index in [1.54, 1.807) is 42.5 Å². The average molecular weight is 388 g/mol. The molecule has 1 saturated heterocycles. The number of hydrogen-bond donors (Lipinski definition) is 1. The van der Waals surface area contributed by atoms with Crippen LogP contribution in [0.1, 0.15) is 25.3 Å². The highest BCUT2D eigenvalue weighted by atomic mass is 32.2. The first-order valence-corrected chi connectivity index (χ1v) is 10.5. The number of ether oxygens (including phenoxy) is 1. The molecule has 0 aromatic heterocycles. The Kier molecular flexibility index (Phi) is 5.82. The van der Waals surface area contributed by atoms with Crippen LogP contribution in [0.5, 0.6) is 5.75 Å². The van der Waals surface area contributed by atoms with E-state index in [0.717, 1.165) is 5.56 Å². The maximum Gasteiger partial charge on any atom is 0.243 e. The van der Waals surface area contributed by atoms with E-state index < -0.39 is 16.1 Å². The van der Waals surface area contributed by atoms with Crippen LogP contribution in [-0.4, -0.2) is 37.8 Å². The third kappa shape index (κ3) is 4.14. The monoisotopic (exact) mass is 388 g/mol. The third-order valence-corrected chi connectivity index (χ3v) is 6.50. The second-order valence-corrected chi connectivity index (χ2v) is 8.40. The lowest BCUT2D eigenvalue weighted by atomic mass is 10.2. The number of hydrogen-bond acceptors (Lipinski definition) is 4. The normalized spacial score (nSPS) is 17.6. The van der Waals surface area contributed by atoms with Crippen molar-refractivity contribution in [3.8, 4) is 5.75 Å². The van der Waals surface area contributed by atoms with E-state index >= 15 is 0 Å². The topological polar surface area (TPSA) is 75.7 Å². The summed E-state index contributed by atoms with van der Waals surface area (Å²) in [5.41, 5.74) is 1.53. The summed E-state index contributed by atoms with van der Waals surface area (Å²) in [5, 5.41) is 2.83. The van der Waals surface area contributed by atoms with Crippen LogP contribution in [0.25, 0.3) is 0 Å². The van der Waals surface area contributed by atoms with Gasteiger partial charge in [-0.25, -0.2) is 8.42 Å². The minimum atomic E-state index is -3.72. The molecule has 1 fully saturated rings. The van der Waals surface area contributed by atoms with Crippen molar-refractivity contribution < 1.29 is 17.9 Å². The van der Waals surface area contributed by atoms with Gasteiger partial charge in [0.2, 0.25) is 15.9 Å². The maximum absolute atomic E-state index is 13.0. The smallest absolute Gasteiger partial charge is 0.243 e. The molecule has 144 valence electrons. The number of nitrogens with one attached hydrogen (secondary N) is 1. The second-order valence-electron chi connectivity index (χ2n) is 6.51. The van der Waals surface area contributed by atoms with Gasteiger partial charge in [-0.3, -0.25) is 4.79 Å². The van der Waals surface area contributed by atoms with Crippen molar-refractivity contribution in [2.45, 2.75) is 37.6 Å². The number of carbonyl (C=O) groups excluding carboxylic acids is 1. The van der Waals surface area contributed by atoms with Crippen LogP contribution < -0.4 is 10.1 Å². The van der Waals surface area contributed by atoms with E-state index in [2.05, 4.69) is 5.32 Å². The van der Waals surface area contributed by atoms with Crippen molar-refractivity contribution in [1.82, 2.24) is 4.31 Å². The zero-order chi connectivity index (χ0) is 19.4. The Bertz CT molecular complexity index is 910. The van der Waals surface area contributed by atoms with Gasteiger partial charge < -0.3 is 10.1 Å². The number of benzene rings is 2. The predicted octanol–water partition coefficient (Wildman–Crippen LogP) is 3.19. The minimum absolute atomic E-state index is 0.211. The summed E-state index contributed by atoms with van der Waals surface area (Å²) in [4.78, 5) is 13.1. The third-order valence-electron chi connectivity index (χ3n) is 4.58. The number of anilines is 1. The highest BCUT2D eigenvalue weighted by Gasteiger charge is 2.39. The molecule has 0 bridgehead atoms. The van der Waals surface area contributed by atoms with Gasteiger partial charge in [-0.05, 0) is 51.0 Å². The van der Waals surface area contributed by atoms with Crippen LogP contribution in [0.3, 0.4) is 0 Å². The first kappa shape index (κ1) is 19.4. The molecule has 2 aromatic carbocycles. The van der Waals surface area contributed by atoms with E-state index in [4.69, 9.17) is 4.74 Å². The van der Waals surface area contributed by atoms with Crippen molar-refractivity contribution in [3.63, 3.8) is 0 Å². The van der Waals surface area contributed by atoms with Crippen molar-refractivity contribution in [2.75, 3.05) is 18.5 Å². The molecule has 1 amide bonds. The van der Waals surface area contributed by atoms with E-state index in [-0.39, 0.29) is 10.8 Å². The molecule has 0 radical (unpaired) electrons. The standard InChI is InChI=1S/C20H24N2O4S/c1-3-26-19-9-5-4-7-17(19)21-20(23)18-8-6-14-22(18)27(24,25)16-12-10-15(2)11-13-16/h4-5,7,9-13,18H,3,6,8,14H2,1-2H3,(H,21,23)/t18-/m0/s1. The summed E-state index contributed by atoms with van der Waals surface area (Å²) in [6.07, 6.45) is 1.14. The molecule has 1 N–H and O–H groups in total. The highest BCUT2D eigenvalue weighted by molar-refractivity contribution is 7.89. The molecular weight excluding hydrogens is 364 g/mol. The van der Waals surface area contributed by atoms with Crippen LogP contribution in [0.4, 0.5) is 5.69 Å². The van der Waals surface area contributed by atoms with Crippen LogP contribution in [0, 0.1) is 6.92 Å². The summed E-state index contributed by atoms with van der Waals surface area (Å²) in [6.45, 7) is 4.58. The largest absolute Gasteiger partial charge is 0.492 e. The number of sulfonamides is 1. The Labute approximate surface area is 160 Å². The zero-order valence-corrected chi connectivity index (χ0v) is 16.3. The van der Waals surface area contributed by atoms with E-state index in [1.807, 2.05) is 19.9 Å². The van der Waals surface area contributed by atoms with Crippen molar-refractivity contribution in [3.05, 3.63) is 54.1 Å². The van der Waals surface area contributed by atoms with Crippen molar-refractivity contribution in [2.24, 2.45) is 0 Å². The van der Waals surface area contributed by atoms with Crippen molar-refractivity contribution in [1.29, 1.82) is 0 Å². The van der Waals surface area contributed by atoms with Gasteiger partial charge >= 0.3 is 0 Å². The quantitative estimate of drug-likeness (QED) is 0.825. The Hall–Kier alpha value is -2.38. The highest BCUT2D eigenvalue weighted by Crippen LogP contribution is 2.29. The molecule has 2 aromatic rings. The van der Waals surface area contributed by atoms with Gasteiger partial charge in [0.15, 0.2) is 0 Å². The summed E-state index contributed by atoms with van der Waals surface area (Å²) in [6, 6.07) is 13.1. The predicted molar refractivity (Wildman–Crippen MR) is 104 cm³/mol. The van der Waals surface area contributed by atoms with E-state index in [9.17, 15) is 13.2 Å². The van der Waals surface area contributed by atoms with Gasteiger partial charge in [-0.15, -0.1) is 0 Å². The fraction of sp³-hybridized carbons (Fsp3) is 0.350. The van der Waals surface area contributed by atoms with Crippen LogP contribution in [0.2, 0.25) is 0 Å². The SMILES string of the molecule is CCOc1ccccc1NC(=O)[C@@H]1CCCN1S(=O)(=O)c1ccc(C)cc1. The van der Waals surface area contributed by atoms with Gasteiger partial charge in [0.1, 0.15) is 11.8 Å². The maximum atomic E-state index is 13.0. The Morgan fingerprint density at radius 3 is 2.59 bits per heavy atom. The molecule has 27 heavy (non-hydrogen) atoms. The van der Waals surface area contributed by atoms with Gasteiger partial charge in [0.25, 0.3) is 0 Å². The lowest BCUT2D eigenvalue weighted by Crippen LogP contribution is -2.43. The number of rotatable bonds is 6. The van der Waals surface area contributed by atoms with Gasteiger partial charge in [0.05, 0.1) is 17.2 Å². The summed E-state index contributed by atoms with van der Waals surface area (Å²) in [5.74, 6) is 0.231. The number of nitrogens with zero attached hydrogens (tertiary/aromatic N) is 1. The average Bonchev–Trinajstić information content (AvgIpc) is 3.15. The van der Waals surface area contributed by atoms with Gasteiger partial charge in [0, 0.05) is 6.54 Å². The molecule has 1 heterocycles. The summed E-state index contributed by atoms with van der Waals surface area (Å²) < 4.78 is 32.8. The summed E-state index contributed by atoms with van der Waals surface area (Å²) in [7, 11) is -3.72. The molecular formula is C20H24N2O4S. The lowest BCUT2D eigenvalue weighted by Gasteiger charge is -2.24. The molecule has 0 aliphatic carbocycles. The Morgan fingerprint density at radius 1 is 1.19 bits per heavy atom.